The van der Waals surface area contributed by atoms with Gasteiger partial charge in [-0.05, 0) is 42.1 Å². The van der Waals surface area contributed by atoms with Gasteiger partial charge in [0.05, 0.1) is 11.4 Å². The van der Waals surface area contributed by atoms with E-state index in [9.17, 15) is 14.0 Å². The Bertz CT molecular complexity index is 1060. The predicted octanol–water partition coefficient (Wildman–Crippen LogP) is 3.75. The monoisotopic (exact) mass is 411 g/mol. The Morgan fingerprint density at radius 2 is 1.83 bits per heavy atom. The zero-order valence-corrected chi connectivity index (χ0v) is 17.0. The van der Waals surface area contributed by atoms with Gasteiger partial charge in [-0.15, -0.1) is 11.3 Å². The van der Waals surface area contributed by atoms with Crippen LogP contribution in [0.1, 0.15) is 15.2 Å². The van der Waals surface area contributed by atoms with Crippen molar-refractivity contribution in [2.75, 3.05) is 38.0 Å². The first kappa shape index (κ1) is 19.5. The molecule has 0 bridgehead atoms. The Hall–Kier alpha value is -2.77. The molecule has 1 aliphatic rings. The van der Waals surface area contributed by atoms with Gasteiger partial charge in [-0.2, -0.15) is 0 Å². The molecule has 0 unspecified atom stereocenters. The smallest absolute Gasteiger partial charge is 0.264 e. The van der Waals surface area contributed by atoms with Crippen LogP contribution in [0.15, 0.2) is 48.5 Å². The molecule has 0 saturated carbocycles. The van der Waals surface area contributed by atoms with E-state index in [1.54, 1.807) is 12.1 Å². The first-order valence-electron chi connectivity index (χ1n) is 9.56. The number of piperazine rings is 1. The van der Waals surface area contributed by atoms with E-state index in [2.05, 4.69) is 5.32 Å². The van der Waals surface area contributed by atoms with Crippen LogP contribution in [-0.2, 0) is 4.79 Å². The molecular formula is C22H22FN3O2S. The highest BCUT2D eigenvalue weighted by Crippen LogP contribution is 2.31. The maximum absolute atomic E-state index is 13.2. The lowest BCUT2D eigenvalue weighted by atomic mass is 10.1. The van der Waals surface area contributed by atoms with E-state index in [0.717, 1.165) is 20.5 Å². The van der Waals surface area contributed by atoms with E-state index >= 15 is 0 Å². The fourth-order valence-corrected chi connectivity index (χ4v) is 4.78. The number of anilines is 1. The number of amides is 2. The lowest BCUT2D eigenvalue weighted by Crippen LogP contribution is -2.50. The Labute approximate surface area is 172 Å². The van der Waals surface area contributed by atoms with Crippen LogP contribution >= 0.6 is 11.3 Å². The molecule has 1 aromatic heterocycles. The summed E-state index contributed by atoms with van der Waals surface area (Å²) in [5.41, 5.74) is 1.48. The molecule has 1 fully saturated rings. The van der Waals surface area contributed by atoms with Crippen LogP contribution in [0.4, 0.5) is 10.1 Å². The summed E-state index contributed by atoms with van der Waals surface area (Å²) in [5.74, 6) is -0.505. The molecule has 7 heteroatoms. The highest BCUT2D eigenvalue weighted by Gasteiger charge is 2.26. The van der Waals surface area contributed by atoms with Crippen molar-refractivity contribution in [2.45, 2.75) is 6.92 Å². The molecular weight excluding hydrogens is 389 g/mol. The normalized spacial score (nSPS) is 14.9. The van der Waals surface area contributed by atoms with E-state index in [4.69, 9.17) is 0 Å². The zero-order chi connectivity index (χ0) is 20.4. The van der Waals surface area contributed by atoms with Gasteiger partial charge in [0.2, 0.25) is 5.91 Å². The van der Waals surface area contributed by atoms with Crippen LogP contribution in [-0.4, -0.2) is 54.3 Å². The average Bonchev–Trinajstić information content (AvgIpc) is 3.05. The van der Waals surface area contributed by atoms with Crippen LogP contribution in [0.2, 0.25) is 0 Å². The Morgan fingerprint density at radius 1 is 1.07 bits per heavy atom. The number of carbonyl (C=O) groups excluding carboxylic acids is 2. The van der Waals surface area contributed by atoms with Crippen LogP contribution in [0.25, 0.3) is 10.1 Å². The lowest BCUT2D eigenvalue weighted by molar-refractivity contribution is -0.117. The summed E-state index contributed by atoms with van der Waals surface area (Å²) in [7, 11) is 0. The van der Waals surface area contributed by atoms with Gasteiger partial charge in [0.25, 0.3) is 5.91 Å². The molecule has 5 nitrogen and oxygen atoms in total. The van der Waals surface area contributed by atoms with Crippen LogP contribution in [0.5, 0.6) is 0 Å². The molecule has 2 heterocycles. The second-order valence-corrected chi connectivity index (χ2v) is 8.23. The third-order valence-corrected chi connectivity index (χ3v) is 6.43. The molecule has 2 amide bonds. The molecule has 29 heavy (non-hydrogen) atoms. The zero-order valence-electron chi connectivity index (χ0n) is 16.2. The summed E-state index contributed by atoms with van der Waals surface area (Å²) in [5, 5.41) is 3.85. The minimum Gasteiger partial charge on any atom is -0.335 e. The van der Waals surface area contributed by atoms with Gasteiger partial charge in [0.1, 0.15) is 5.82 Å². The van der Waals surface area contributed by atoms with Gasteiger partial charge in [-0.3, -0.25) is 14.5 Å². The maximum Gasteiger partial charge on any atom is 0.264 e. The van der Waals surface area contributed by atoms with Gasteiger partial charge < -0.3 is 10.2 Å². The molecule has 150 valence electrons. The first-order chi connectivity index (χ1) is 14.0. The fourth-order valence-electron chi connectivity index (χ4n) is 3.60. The number of thiophene rings is 1. The fraction of sp³-hybridized carbons (Fsp3) is 0.273. The van der Waals surface area contributed by atoms with Gasteiger partial charge in [-0.1, -0.05) is 24.3 Å². The number of halogens is 1. The van der Waals surface area contributed by atoms with Crippen molar-refractivity contribution in [1.29, 1.82) is 0 Å². The number of nitrogens with zero attached hydrogens (tertiary/aromatic N) is 2. The number of benzene rings is 2. The Morgan fingerprint density at radius 3 is 2.55 bits per heavy atom. The Balaban J connectivity index is 1.33. The van der Waals surface area contributed by atoms with Crippen molar-refractivity contribution < 1.29 is 14.0 Å². The van der Waals surface area contributed by atoms with Crippen LogP contribution in [0.3, 0.4) is 0 Å². The van der Waals surface area contributed by atoms with Crippen molar-refractivity contribution in [1.82, 2.24) is 9.80 Å². The van der Waals surface area contributed by atoms with Crippen molar-refractivity contribution in [3.63, 3.8) is 0 Å². The molecule has 0 radical (unpaired) electrons. The third kappa shape index (κ3) is 4.31. The minimum atomic E-state index is -0.383. The SMILES string of the molecule is Cc1c(C(=O)N2CCN(CC(=O)Nc3cccc(F)c3)CC2)sc2ccccc12. The molecule has 0 spiro atoms. The van der Waals surface area contributed by atoms with Crippen LogP contribution < -0.4 is 5.32 Å². The minimum absolute atomic E-state index is 0.0626. The number of aryl methyl sites for hydroxylation is 1. The number of fused-ring (bicyclic) bond motifs is 1. The van der Waals surface area contributed by atoms with Gasteiger partial charge in [-0.25, -0.2) is 4.39 Å². The first-order valence-corrected chi connectivity index (χ1v) is 10.4. The van der Waals surface area contributed by atoms with Gasteiger partial charge >= 0.3 is 0 Å². The van der Waals surface area contributed by atoms with E-state index in [1.165, 1.54) is 23.5 Å². The predicted molar refractivity (Wildman–Crippen MR) is 114 cm³/mol. The number of hydrogen-bond acceptors (Lipinski definition) is 4. The molecule has 0 atom stereocenters. The second-order valence-electron chi connectivity index (χ2n) is 7.18. The number of rotatable bonds is 4. The van der Waals surface area contributed by atoms with Crippen molar-refractivity contribution in [3.05, 3.63) is 64.8 Å². The third-order valence-electron chi connectivity index (χ3n) is 5.17. The molecule has 0 aliphatic carbocycles. The molecule has 4 rings (SSSR count). The van der Waals surface area contributed by atoms with Gasteiger partial charge in [0.15, 0.2) is 0 Å². The molecule has 2 aromatic carbocycles. The summed E-state index contributed by atoms with van der Waals surface area (Å²) in [4.78, 5) is 29.9. The second kappa shape index (κ2) is 8.31. The highest BCUT2D eigenvalue weighted by atomic mass is 32.1. The molecule has 1 saturated heterocycles. The van der Waals surface area contributed by atoms with Crippen molar-refractivity contribution >= 4 is 38.9 Å². The van der Waals surface area contributed by atoms with Crippen molar-refractivity contribution in [3.8, 4) is 0 Å². The van der Waals surface area contributed by atoms with E-state index in [-0.39, 0.29) is 24.2 Å². The summed E-state index contributed by atoms with van der Waals surface area (Å²) in [6.07, 6.45) is 0. The quantitative estimate of drug-likeness (QED) is 0.712. The molecule has 1 aliphatic heterocycles. The largest absolute Gasteiger partial charge is 0.335 e. The molecule has 3 aromatic rings. The highest BCUT2D eigenvalue weighted by molar-refractivity contribution is 7.21. The maximum atomic E-state index is 13.2. The van der Waals surface area contributed by atoms with E-state index in [1.807, 2.05) is 41.0 Å². The van der Waals surface area contributed by atoms with E-state index in [0.29, 0.717) is 31.9 Å². The number of hydrogen-bond donors (Lipinski definition) is 1. The summed E-state index contributed by atoms with van der Waals surface area (Å²) in [6, 6.07) is 13.9. The summed E-state index contributed by atoms with van der Waals surface area (Å²) < 4.78 is 14.4. The lowest BCUT2D eigenvalue weighted by Gasteiger charge is -2.34. The summed E-state index contributed by atoms with van der Waals surface area (Å²) in [6.45, 7) is 4.65. The number of carbonyl (C=O) groups is 2. The average molecular weight is 412 g/mol. The van der Waals surface area contributed by atoms with E-state index < -0.39 is 0 Å². The summed E-state index contributed by atoms with van der Waals surface area (Å²) >= 11 is 1.54. The number of nitrogens with one attached hydrogen (secondary N) is 1. The molecule has 1 N–H and O–H groups in total. The van der Waals surface area contributed by atoms with Crippen LogP contribution in [0, 0.1) is 12.7 Å². The van der Waals surface area contributed by atoms with Gasteiger partial charge in [0, 0.05) is 36.6 Å². The topological polar surface area (TPSA) is 52.7 Å². The standard InChI is InChI=1S/C22H22FN3O2S/c1-15-18-7-2-3-8-19(18)29-21(15)22(28)26-11-9-25(10-12-26)14-20(27)24-17-6-4-5-16(23)13-17/h2-8,13H,9-12,14H2,1H3,(H,24,27). The van der Waals surface area contributed by atoms with Crippen molar-refractivity contribution in [2.24, 2.45) is 0 Å². The Kier molecular flexibility index (Phi) is 5.60.